The van der Waals surface area contributed by atoms with Crippen LogP contribution in [-0.4, -0.2) is 23.5 Å². The average molecular weight is 248 g/mol. The first-order chi connectivity index (χ1) is 8.78. The summed E-state index contributed by atoms with van der Waals surface area (Å²) in [5, 5.41) is 6.16. The number of pyridine rings is 1. The quantitative estimate of drug-likeness (QED) is 0.741. The number of aromatic nitrogens is 1. The molecule has 18 heavy (non-hydrogen) atoms. The molecule has 1 fully saturated rings. The van der Waals surface area contributed by atoms with E-state index in [9.17, 15) is 4.79 Å². The topological polar surface area (TPSA) is 80.0 Å². The maximum Gasteiger partial charge on any atom is 0.225 e. The van der Waals surface area contributed by atoms with Crippen molar-refractivity contribution in [3.63, 3.8) is 0 Å². The monoisotopic (exact) mass is 248 g/mol. The number of hydrogen-bond acceptors (Lipinski definition) is 4. The van der Waals surface area contributed by atoms with Gasteiger partial charge in [0.25, 0.3) is 0 Å². The van der Waals surface area contributed by atoms with E-state index in [0.717, 1.165) is 5.82 Å². The second kappa shape index (κ2) is 6.35. The fraction of sp³-hybridized carbons (Fsp3) is 0.538. The summed E-state index contributed by atoms with van der Waals surface area (Å²) in [4.78, 5) is 15.6. The minimum atomic E-state index is -0.0733. The van der Waals surface area contributed by atoms with Crippen LogP contribution in [0.25, 0.3) is 0 Å². The summed E-state index contributed by atoms with van der Waals surface area (Å²) in [7, 11) is 0. The second-order valence-corrected chi connectivity index (χ2v) is 4.64. The van der Waals surface area contributed by atoms with Crippen molar-refractivity contribution in [3.8, 4) is 0 Å². The Bertz CT molecular complexity index is 384. The summed E-state index contributed by atoms with van der Waals surface area (Å²) in [5.41, 5.74) is 6.03. The van der Waals surface area contributed by atoms with Crippen LogP contribution in [0.5, 0.6) is 0 Å². The molecule has 4 N–H and O–H groups in total. The standard InChI is InChI=1S/C13H20N4O/c14-8-7-13(18)17-11-5-6-12(15-9-11)16-10-3-1-2-4-10/h5-6,9-10H,1-4,7-8,14H2,(H,15,16)(H,17,18). The van der Waals surface area contributed by atoms with Crippen LogP contribution in [-0.2, 0) is 4.79 Å². The highest BCUT2D eigenvalue weighted by Crippen LogP contribution is 2.21. The molecule has 1 heterocycles. The van der Waals surface area contributed by atoms with Crippen LogP contribution in [0.3, 0.4) is 0 Å². The van der Waals surface area contributed by atoms with Crippen LogP contribution >= 0.6 is 0 Å². The molecule has 0 bridgehead atoms. The molecule has 1 saturated carbocycles. The number of anilines is 2. The minimum Gasteiger partial charge on any atom is -0.367 e. The van der Waals surface area contributed by atoms with E-state index in [1.165, 1.54) is 25.7 Å². The third-order valence-electron chi connectivity index (χ3n) is 3.13. The molecule has 1 aromatic rings. The summed E-state index contributed by atoms with van der Waals surface area (Å²) in [6.45, 7) is 0.362. The Balaban J connectivity index is 1.86. The van der Waals surface area contributed by atoms with Gasteiger partial charge in [0.1, 0.15) is 5.82 Å². The van der Waals surface area contributed by atoms with Crippen LogP contribution in [0.4, 0.5) is 11.5 Å². The number of nitrogens with zero attached hydrogens (tertiary/aromatic N) is 1. The Morgan fingerprint density at radius 1 is 1.39 bits per heavy atom. The van der Waals surface area contributed by atoms with E-state index in [1.54, 1.807) is 6.20 Å². The van der Waals surface area contributed by atoms with Crippen molar-refractivity contribution in [2.24, 2.45) is 5.73 Å². The van der Waals surface area contributed by atoms with Crippen LogP contribution in [0, 0.1) is 0 Å². The van der Waals surface area contributed by atoms with Crippen molar-refractivity contribution in [2.45, 2.75) is 38.1 Å². The Hall–Kier alpha value is -1.62. The molecule has 1 aromatic heterocycles. The number of carbonyl (C=O) groups excluding carboxylic acids is 1. The van der Waals surface area contributed by atoms with E-state index in [-0.39, 0.29) is 5.91 Å². The Morgan fingerprint density at radius 3 is 2.78 bits per heavy atom. The molecular formula is C13H20N4O. The van der Waals surface area contributed by atoms with Gasteiger partial charge in [0.05, 0.1) is 11.9 Å². The molecule has 0 spiro atoms. The summed E-state index contributed by atoms with van der Waals surface area (Å²) in [6.07, 6.45) is 7.04. The first-order valence-electron chi connectivity index (χ1n) is 6.50. The minimum absolute atomic E-state index is 0.0733. The molecule has 0 saturated heterocycles. The molecule has 0 radical (unpaired) electrons. The van der Waals surface area contributed by atoms with E-state index in [4.69, 9.17) is 5.73 Å². The van der Waals surface area contributed by atoms with Gasteiger partial charge in [-0.3, -0.25) is 4.79 Å². The molecule has 98 valence electrons. The average Bonchev–Trinajstić information content (AvgIpc) is 2.85. The maximum absolute atomic E-state index is 11.3. The fourth-order valence-corrected chi connectivity index (χ4v) is 2.19. The Morgan fingerprint density at radius 2 is 2.17 bits per heavy atom. The zero-order valence-corrected chi connectivity index (χ0v) is 10.5. The third kappa shape index (κ3) is 3.70. The number of nitrogens with two attached hydrogens (primary N) is 1. The lowest BCUT2D eigenvalue weighted by Crippen LogP contribution is -2.17. The van der Waals surface area contributed by atoms with Crippen molar-refractivity contribution in [1.29, 1.82) is 0 Å². The molecule has 1 amide bonds. The molecule has 5 nitrogen and oxygen atoms in total. The summed E-state index contributed by atoms with van der Waals surface area (Å²) in [5.74, 6) is 0.800. The van der Waals surface area contributed by atoms with Gasteiger partial charge < -0.3 is 16.4 Å². The van der Waals surface area contributed by atoms with Crippen molar-refractivity contribution in [3.05, 3.63) is 18.3 Å². The summed E-state index contributed by atoms with van der Waals surface area (Å²) < 4.78 is 0. The van der Waals surface area contributed by atoms with Crippen LogP contribution in [0.15, 0.2) is 18.3 Å². The lowest BCUT2D eigenvalue weighted by molar-refractivity contribution is -0.116. The zero-order chi connectivity index (χ0) is 12.8. The van der Waals surface area contributed by atoms with Gasteiger partial charge in [-0.15, -0.1) is 0 Å². The van der Waals surface area contributed by atoms with Gasteiger partial charge in [0, 0.05) is 19.0 Å². The number of hydrogen-bond donors (Lipinski definition) is 3. The Kier molecular flexibility index (Phi) is 4.52. The van der Waals surface area contributed by atoms with Gasteiger partial charge in [-0.2, -0.15) is 0 Å². The van der Waals surface area contributed by atoms with E-state index < -0.39 is 0 Å². The molecule has 2 rings (SSSR count). The molecule has 0 aliphatic heterocycles. The number of carbonyl (C=O) groups is 1. The Labute approximate surface area is 107 Å². The molecule has 0 aromatic carbocycles. The van der Waals surface area contributed by atoms with Crippen LogP contribution in [0.2, 0.25) is 0 Å². The third-order valence-corrected chi connectivity index (χ3v) is 3.13. The van der Waals surface area contributed by atoms with Gasteiger partial charge in [-0.05, 0) is 25.0 Å². The first kappa shape index (κ1) is 12.8. The molecule has 0 atom stereocenters. The van der Waals surface area contributed by atoms with Gasteiger partial charge in [0.15, 0.2) is 0 Å². The predicted molar refractivity (Wildman–Crippen MR) is 72.4 cm³/mol. The molecule has 1 aliphatic rings. The lowest BCUT2D eigenvalue weighted by Gasteiger charge is -2.12. The zero-order valence-electron chi connectivity index (χ0n) is 10.5. The number of nitrogens with one attached hydrogen (secondary N) is 2. The van der Waals surface area contributed by atoms with Crippen molar-refractivity contribution in [2.75, 3.05) is 17.2 Å². The number of amides is 1. The number of rotatable bonds is 5. The van der Waals surface area contributed by atoms with E-state index in [2.05, 4.69) is 15.6 Å². The van der Waals surface area contributed by atoms with Gasteiger partial charge in [0.2, 0.25) is 5.91 Å². The molecule has 0 unspecified atom stereocenters. The van der Waals surface area contributed by atoms with E-state index >= 15 is 0 Å². The highest BCUT2D eigenvalue weighted by molar-refractivity contribution is 5.90. The predicted octanol–water partition coefficient (Wildman–Crippen LogP) is 1.72. The summed E-state index contributed by atoms with van der Waals surface area (Å²) >= 11 is 0. The lowest BCUT2D eigenvalue weighted by atomic mass is 10.2. The largest absolute Gasteiger partial charge is 0.367 e. The van der Waals surface area contributed by atoms with E-state index in [0.29, 0.717) is 24.7 Å². The van der Waals surface area contributed by atoms with Crippen molar-refractivity contribution < 1.29 is 4.79 Å². The van der Waals surface area contributed by atoms with Gasteiger partial charge in [-0.25, -0.2) is 4.98 Å². The van der Waals surface area contributed by atoms with E-state index in [1.807, 2.05) is 12.1 Å². The molecule has 5 heteroatoms. The molecule has 1 aliphatic carbocycles. The highest BCUT2D eigenvalue weighted by atomic mass is 16.1. The SMILES string of the molecule is NCCC(=O)Nc1ccc(NC2CCCC2)nc1. The smallest absolute Gasteiger partial charge is 0.225 e. The summed E-state index contributed by atoms with van der Waals surface area (Å²) in [6, 6.07) is 4.31. The highest BCUT2D eigenvalue weighted by Gasteiger charge is 2.14. The van der Waals surface area contributed by atoms with Gasteiger partial charge in [-0.1, -0.05) is 12.8 Å². The fourth-order valence-electron chi connectivity index (χ4n) is 2.19. The second-order valence-electron chi connectivity index (χ2n) is 4.64. The maximum atomic E-state index is 11.3. The van der Waals surface area contributed by atoms with Crippen molar-refractivity contribution >= 4 is 17.4 Å². The van der Waals surface area contributed by atoms with Crippen molar-refractivity contribution in [1.82, 2.24) is 4.98 Å². The molecular weight excluding hydrogens is 228 g/mol. The van der Waals surface area contributed by atoms with Gasteiger partial charge >= 0.3 is 0 Å². The van der Waals surface area contributed by atoms with Crippen LogP contribution in [0.1, 0.15) is 32.1 Å². The van der Waals surface area contributed by atoms with Crippen LogP contribution < -0.4 is 16.4 Å². The normalized spacial score (nSPS) is 15.6. The first-order valence-corrected chi connectivity index (χ1v) is 6.50.